The molecule has 2 aromatic carbocycles. The topological polar surface area (TPSA) is 62.3 Å². The van der Waals surface area contributed by atoms with Crippen LogP contribution in [0.5, 0.6) is 5.75 Å². The number of H-pyrrole nitrogens is 1. The fourth-order valence-electron chi connectivity index (χ4n) is 3.32. The van der Waals surface area contributed by atoms with E-state index in [-0.39, 0.29) is 24.1 Å². The normalized spacial score (nSPS) is 13.3. The zero-order chi connectivity index (χ0) is 17.8. The van der Waals surface area contributed by atoms with E-state index in [2.05, 4.69) is 4.98 Å². The van der Waals surface area contributed by atoms with Gasteiger partial charge in [0.15, 0.2) is 0 Å². The van der Waals surface area contributed by atoms with E-state index in [4.69, 9.17) is 4.74 Å². The Balaban J connectivity index is 2.13. The molecule has 4 rings (SSSR count). The molecule has 3 aromatic rings. The first kappa shape index (κ1) is 15.7. The molecule has 0 radical (unpaired) electrons. The Kier molecular flexibility index (Phi) is 3.36. The van der Waals surface area contributed by atoms with Crippen molar-refractivity contribution in [3.63, 3.8) is 0 Å². The van der Waals surface area contributed by atoms with Gasteiger partial charge in [-0.2, -0.15) is 13.2 Å². The predicted molar refractivity (Wildman–Crippen MR) is 85.3 cm³/mol. The predicted octanol–water partition coefficient (Wildman–Crippen LogP) is 3.60. The van der Waals surface area contributed by atoms with Crippen LogP contribution in [0.25, 0.3) is 22.0 Å². The summed E-state index contributed by atoms with van der Waals surface area (Å²) in [6.45, 7) is -0.314. The molecule has 0 aliphatic carbocycles. The summed E-state index contributed by atoms with van der Waals surface area (Å²) in [5.74, 6) is 0.511. The number of hydrogen-bond acceptors (Lipinski definition) is 3. The van der Waals surface area contributed by atoms with Crippen molar-refractivity contribution in [3.8, 4) is 16.9 Å². The van der Waals surface area contributed by atoms with Crippen LogP contribution in [0.3, 0.4) is 0 Å². The number of halogens is 3. The summed E-state index contributed by atoms with van der Waals surface area (Å²) in [6, 6.07) is 8.78. The summed E-state index contributed by atoms with van der Waals surface area (Å²) in [4.78, 5) is 14.0. The van der Waals surface area contributed by atoms with Crippen molar-refractivity contribution in [1.82, 2.24) is 4.98 Å². The average molecular weight is 347 g/mol. The number of pyridine rings is 1. The average Bonchev–Trinajstić information content (AvgIpc) is 2.58. The van der Waals surface area contributed by atoms with Gasteiger partial charge in [0.2, 0.25) is 5.56 Å². The van der Waals surface area contributed by atoms with E-state index < -0.39 is 17.3 Å². The number of aliphatic hydroxyl groups is 1. The Hall–Kier alpha value is -2.80. The van der Waals surface area contributed by atoms with Gasteiger partial charge < -0.3 is 14.8 Å². The smallest absolute Gasteiger partial charge is 0.417 e. The van der Waals surface area contributed by atoms with Crippen molar-refractivity contribution in [1.29, 1.82) is 0 Å². The van der Waals surface area contributed by atoms with Gasteiger partial charge in [-0.1, -0.05) is 18.2 Å². The van der Waals surface area contributed by atoms with Gasteiger partial charge in [0.05, 0.1) is 12.2 Å². The van der Waals surface area contributed by atoms with Gasteiger partial charge >= 0.3 is 6.18 Å². The fourth-order valence-corrected chi connectivity index (χ4v) is 3.32. The van der Waals surface area contributed by atoms with Crippen LogP contribution in [0.15, 0.2) is 41.2 Å². The quantitative estimate of drug-likeness (QED) is 0.707. The number of nitrogens with one attached hydrogen (secondary N) is 1. The molecule has 0 saturated heterocycles. The molecular formula is C18H12F3NO3. The summed E-state index contributed by atoms with van der Waals surface area (Å²) in [6.07, 6.45) is -4.67. The molecule has 0 atom stereocenters. The fraction of sp³-hybridized carbons (Fsp3) is 0.167. The van der Waals surface area contributed by atoms with Crippen LogP contribution in [-0.4, -0.2) is 10.1 Å². The number of rotatable bonds is 1. The second kappa shape index (κ2) is 5.35. The maximum Gasteiger partial charge on any atom is 0.417 e. The summed E-state index contributed by atoms with van der Waals surface area (Å²) in [5, 5.41) is 9.49. The van der Waals surface area contributed by atoms with Crippen molar-refractivity contribution in [2.24, 2.45) is 0 Å². The molecule has 1 aliphatic heterocycles. The molecule has 25 heavy (non-hydrogen) atoms. The van der Waals surface area contributed by atoms with E-state index in [9.17, 15) is 23.1 Å². The number of aliphatic hydroxyl groups excluding tert-OH is 1. The van der Waals surface area contributed by atoms with Crippen LogP contribution in [-0.2, 0) is 19.4 Å². The number of aromatic amines is 1. The number of benzene rings is 2. The lowest BCUT2D eigenvalue weighted by molar-refractivity contribution is -0.136. The van der Waals surface area contributed by atoms with E-state index >= 15 is 0 Å². The number of hydrogen-bond donors (Lipinski definition) is 2. The minimum Gasteiger partial charge on any atom is -0.488 e. The van der Waals surface area contributed by atoms with E-state index in [1.165, 1.54) is 6.07 Å². The maximum absolute atomic E-state index is 13.5. The number of alkyl halides is 3. The van der Waals surface area contributed by atoms with Crippen LogP contribution in [0.2, 0.25) is 0 Å². The van der Waals surface area contributed by atoms with Crippen LogP contribution in [0.4, 0.5) is 13.2 Å². The highest BCUT2D eigenvalue weighted by atomic mass is 19.4. The second-order valence-corrected chi connectivity index (χ2v) is 5.80. The van der Waals surface area contributed by atoms with Crippen molar-refractivity contribution in [3.05, 3.63) is 63.4 Å². The van der Waals surface area contributed by atoms with Crippen LogP contribution in [0.1, 0.15) is 16.7 Å². The number of fused-ring (bicyclic) bond motifs is 5. The first-order valence-electron chi connectivity index (χ1n) is 7.52. The minimum atomic E-state index is -4.67. The molecule has 2 heterocycles. The van der Waals surface area contributed by atoms with E-state index in [1.54, 1.807) is 24.3 Å². The van der Waals surface area contributed by atoms with Crippen LogP contribution in [0, 0.1) is 0 Å². The van der Waals surface area contributed by atoms with Gasteiger partial charge in [0.1, 0.15) is 12.4 Å². The Morgan fingerprint density at radius 3 is 2.72 bits per heavy atom. The Labute approximate surface area is 139 Å². The number of ether oxygens (including phenoxy) is 1. The lowest BCUT2D eigenvalue weighted by Crippen LogP contribution is -2.17. The second-order valence-electron chi connectivity index (χ2n) is 5.80. The van der Waals surface area contributed by atoms with E-state index in [0.29, 0.717) is 34.1 Å². The summed E-state index contributed by atoms with van der Waals surface area (Å²) in [5.41, 5.74) is 0.352. The van der Waals surface area contributed by atoms with Gasteiger partial charge in [-0.3, -0.25) is 4.79 Å². The van der Waals surface area contributed by atoms with Gasteiger partial charge in [0, 0.05) is 28.1 Å². The highest BCUT2D eigenvalue weighted by Gasteiger charge is 2.35. The molecule has 0 spiro atoms. The molecular weight excluding hydrogens is 335 g/mol. The molecule has 0 bridgehead atoms. The van der Waals surface area contributed by atoms with Gasteiger partial charge in [0.25, 0.3) is 0 Å². The Bertz CT molecular complexity index is 1040. The summed E-state index contributed by atoms with van der Waals surface area (Å²) in [7, 11) is 0. The summed E-state index contributed by atoms with van der Waals surface area (Å²) >= 11 is 0. The Morgan fingerprint density at radius 2 is 2.00 bits per heavy atom. The first-order chi connectivity index (χ1) is 11.9. The largest absolute Gasteiger partial charge is 0.488 e. The van der Waals surface area contributed by atoms with Gasteiger partial charge in [-0.25, -0.2) is 0 Å². The molecule has 0 saturated carbocycles. The third-order valence-corrected chi connectivity index (χ3v) is 4.35. The van der Waals surface area contributed by atoms with Crippen molar-refractivity contribution in [2.45, 2.75) is 19.4 Å². The molecule has 7 heteroatoms. The molecule has 128 valence electrons. The highest BCUT2D eigenvalue weighted by molar-refractivity contribution is 5.94. The standard InChI is InChI=1S/C18H12F3NO3/c19-18(20,21)12-6-15(24)22-13-5-4-10-11(17(12)13)8-25-14-3-1-2-9(7-23)16(10)14/h1-6,23H,7-8H2,(H,22,24). The van der Waals surface area contributed by atoms with E-state index in [1.807, 2.05) is 0 Å². The van der Waals surface area contributed by atoms with Crippen LogP contribution >= 0.6 is 0 Å². The molecule has 1 aliphatic rings. The monoisotopic (exact) mass is 347 g/mol. The maximum atomic E-state index is 13.5. The molecule has 2 N–H and O–H groups in total. The minimum absolute atomic E-state index is 0.0519. The zero-order valence-electron chi connectivity index (χ0n) is 12.8. The SMILES string of the molecule is O=c1cc(C(F)(F)F)c2c3c(ccc2[nH]1)-c1c(CO)cccc1OC3. The zero-order valence-corrected chi connectivity index (χ0v) is 12.8. The third-order valence-electron chi connectivity index (χ3n) is 4.35. The van der Waals surface area contributed by atoms with Crippen molar-refractivity contribution >= 4 is 10.9 Å². The third kappa shape index (κ3) is 2.39. The first-order valence-corrected chi connectivity index (χ1v) is 7.52. The molecule has 0 amide bonds. The Morgan fingerprint density at radius 1 is 1.20 bits per heavy atom. The molecule has 1 aromatic heterocycles. The highest BCUT2D eigenvalue weighted by Crippen LogP contribution is 2.44. The summed E-state index contributed by atoms with van der Waals surface area (Å²) < 4.78 is 46.1. The van der Waals surface area contributed by atoms with Gasteiger partial charge in [-0.05, 0) is 23.3 Å². The van der Waals surface area contributed by atoms with Gasteiger partial charge in [-0.15, -0.1) is 0 Å². The van der Waals surface area contributed by atoms with Crippen molar-refractivity contribution < 1.29 is 23.0 Å². The van der Waals surface area contributed by atoms with Crippen molar-refractivity contribution in [2.75, 3.05) is 0 Å². The lowest BCUT2D eigenvalue weighted by atomic mass is 9.89. The molecule has 0 unspecified atom stereocenters. The lowest BCUT2D eigenvalue weighted by Gasteiger charge is -2.25. The molecule has 0 fully saturated rings. The number of aromatic nitrogens is 1. The van der Waals surface area contributed by atoms with E-state index in [0.717, 1.165) is 0 Å². The molecule has 4 nitrogen and oxygen atoms in total. The van der Waals surface area contributed by atoms with Crippen LogP contribution < -0.4 is 10.3 Å².